The molecular formula is C24H48N3. The lowest BCUT2D eigenvalue weighted by Gasteiger charge is -2.62. The number of nitrogens with one attached hydrogen (secondary N) is 2. The molecule has 2 rings (SSSR count). The topological polar surface area (TPSA) is 27.3 Å². The number of hydrogen-bond acceptors (Lipinski definition) is 3. The average Bonchev–Trinajstić information content (AvgIpc) is 2.40. The van der Waals surface area contributed by atoms with E-state index in [-0.39, 0.29) is 22.2 Å². The molecule has 0 atom stereocenters. The van der Waals surface area contributed by atoms with Gasteiger partial charge in [-0.15, -0.1) is 0 Å². The summed E-state index contributed by atoms with van der Waals surface area (Å²) in [6.07, 6.45) is 9.88. The molecule has 0 unspecified atom stereocenters. The molecule has 1 radical (unpaired) electrons. The molecule has 0 bridgehead atoms. The van der Waals surface area contributed by atoms with Gasteiger partial charge in [-0.05, 0) is 94.0 Å². The van der Waals surface area contributed by atoms with Gasteiger partial charge in [-0.25, -0.2) is 0 Å². The standard InChI is InChI=1S/C24H48N3/c1-10-11-12-13-14-25-19-15-23(6,7)27(24(8,9)16-19)20-17-21(2,3)26-22(4,5)18-20/h19-20,25-26H,1,10-18H2,2-9H3. The molecule has 2 heterocycles. The van der Waals surface area contributed by atoms with Gasteiger partial charge < -0.3 is 10.6 Å². The first-order valence-electron chi connectivity index (χ1n) is 11.4. The zero-order chi connectivity index (χ0) is 20.5. The van der Waals surface area contributed by atoms with Crippen molar-refractivity contribution in [3.8, 4) is 0 Å². The first kappa shape index (κ1) is 23.2. The predicted molar refractivity (Wildman–Crippen MR) is 119 cm³/mol. The molecular weight excluding hydrogens is 330 g/mol. The Morgan fingerprint density at radius 2 is 1.33 bits per heavy atom. The molecule has 2 fully saturated rings. The highest BCUT2D eigenvalue weighted by molar-refractivity contribution is 5.09. The van der Waals surface area contributed by atoms with E-state index in [9.17, 15) is 0 Å². The van der Waals surface area contributed by atoms with Gasteiger partial charge in [0.05, 0.1) is 0 Å². The second kappa shape index (κ2) is 8.32. The number of hydrogen-bond donors (Lipinski definition) is 2. The van der Waals surface area contributed by atoms with Crippen molar-refractivity contribution in [1.82, 2.24) is 15.5 Å². The van der Waals surface area contributed by atoms with Crippen molar-refractivity contribution in [2.75, 3.05) is 6.54 Å². The third kappa shape index (κ3) is 6.18. The van der Waals surface area contributed by atoms with E-state index in [0.29, 0.717) is 12.1 Å². The second-order valence-corrected chi connectivity index (χ2v) is 11.9. The molecule has 27 heavy (non-hydrogen) atoms. The Kier molecular flexibility index (Phi) is 7.14. The summed E-state index contributed by atoms with van der Waals surface area (Å²) < 4.78 is 0. The summed E-state index contributed by atoms with van der Waals surface area (Å²) >= 11 is 0. The van der Waals surface area contributed by atoms with Gasteiger partial charge in [0, 0.05) is 34.2 Å². The molecule has 2 aliphatic heterocycles. The van der Waals surface area contributed by atoms with Crippen molar-refractivity contribution in [3.63, 3.8) is 0 Å². The molecule has 0 aliphatic carbocycles. The normalized spacial score (nSPS) is 28.3. The van der Waals surface area contributed by atoms with Crippen LogP contribution in [0.25, 0.3) is 0 Å². The SMILES string of the molecule is [CH2]CCCCCNC1CC(C)(C)N(C2CC(C)(C)NC(C)(C)C2)C(C)(C)C1. The fraction of sp³-hybridized carbons (Fsp3) is 0.958. The molecule has 0 spiro atoms. The molecule has 0 aromatic carbocycles. The van der Waals surface area contributed by atoms with Gasteiger partial charge in [0.1, 0.15) is 0 Å². The van der Waals surface area contributed by atoms with E-state index in [0.717, 1.165) is 13.0 Å². The highest BCUT2D eigenvalue weighted by Crippen LogP contribution is 2.44. The lowest BCUT2D eigenvalue weighted by Crippen LogP contribution is -2.71. The van der Waals surface area contributed by atoms with Crippen molar-refractivity contribution in [2.24, 2.45) is 0 Å². The summed E-state index contributed by atoms with van der Waals surface area (Å²) in [6.45, 7) is 24.5. The van der Waals surface area contributed by atoms with E-state index in [4.69, 9.17) is 0 Å². The Labute approximate surface area is 170 Å². The van der Waals surface area contributed by atoms with Crippen LogP contribution < -0.4 is 10.6 Å². The Balaban J connectivity index is 2.08. The van der Waals surface area contributed by atoms with Gasteiger partial charge in [0.25, 0.3) is 0 Å². The summed E-state index contributed by atoms with van der Waals surface area (Å²) in [6, 6.07) is 1.27. The third-order valence-corrected chi connectivity index (χ3v) is 6.69. The second-order valence-electron chi connectivity index (χ2n) is 11.9. The first-order chi connectivity index (χ1) is 12.3. The first-order valence-corrected chi connectivity index (χ1v) is 11.4. The Hall–Kier alpha value is -0.120. The fourth-order valence-electron chi connectivity index (χ4n) is 6.66. The highest BCUT2D eigenvalue weighted by atomic mass is 15.3. The van der Waals surface area contributed by atoms with Gasteiger partial charge in [0.15, 0.2) is 0 Å². The van der Waals surface area contributed by atoms with E-state index in [1.807, 2.05) is 0 Å². The zero-order valence-electron chi connectivity index (χ0n) is 19.7. The van der Waals surface area contributed by atoms with Crippen LogP contribution in [0.15, 0.2) is 0 Å². The summed E-state index contributed by atoms with van der Waals surface area (Å²) in [5, 5.41) is 7.75. The van der Waals surface area contributed by atoms with Crippen molar-refractivity contribution >= 4 is 0 Å². The van der Waals surface area contributed by atoms with Crippen LogP contribution in [0.3, 0.4) is 0 Å². The average molecular weight is 379 g/mol. The number of nitrogens with zero attached hydrogens (tertiary/aromatic N) is 1. The molecule has 0 saturated carbocycles. The maximum atomic E-state index is 3.95. The maximum absolute atomic E-state index is 3.95. The van der Waals surface area contributed by atoms with Crippen LogP contribution in [0.2, 0.25) is 0 Å². The van der Waals surface area contributed by atoms with E-state index in [2.05, 4.69) is 77.8 Å². The molecule has 2 aliphatic rings. The molecule has 0 aromatic heterocycles. The van der Waals surface area contributed by atoms with Gasteiger partial charge in [0.2, 0.25) is 0 Å². The molecule has 159 valence electrons. The summed E-state index contributed by atoms with van der Waals surface area (Å²) in [7, 11) is 0. The predicted octanol–water partition coefficient (Wildman–Crippen LogP) is 5.30. The summed E-state index contributed by atoms with van der Waals surface area (Å²) in [5.41, 5.74) is 0.839. The smallest absolute Gasteiger partial charge is 0.0176 e. The largest absolute Gasteiger partial charge is 0.314 e. The molecule has 0 aromatic rings. The minimum absolute atomic E-state index is 0.196. The van der Waals surface area contributed by atoms with E-state index in [1.165, 1.54) is 44.9 Å². The van der Waals surface area contributed by atoms with Crippen molar-refractivity contribution < 1.29 is 0 Å². The number of likely N-dealkylation sites (tertiary alicyclic amines) is 1. The maximum Gasteiger partial charge on any atom is 0.0176 e. The summed E-state index contributed by atoms with van der Waals surface area (Å²) in [4.78, 5) is 2.89. The molecule has 3 heteroatoms. The van der Waals surface area contributed by atoms with Crippen LogP contribution in [0.1, 0.15) is 107 Å². The fourth-order valence-corrected chi connectivity index (χ4v) is 6.66. The Morgan fingerprint density at radius 3 is 1.81 bits per heavy atom. The highest BCUT2D eigenvalue weighted by Gasteiger charge is 2.51. The minimum atomic E-state index is 0.196. The van der Waals surface area contributed by atoms with Crippen molar-refractivity contribution in [3.05, 3.63) is 6.92 Å². The molecule has 2 saturated heterocycles. The van der Waals surface area contributed by atoms with Crippen molar-refractivity contribution in [1.29, 1.82) is 0 Å². The number of unbranched alkanes of at least 4 members (excludes halogenated alkanes) is 3. The minimum Gasteiger partial charge on any atom is -0.314 e. The summed E-state index contributed by atoms with van der Waals surface area (Å²) in [5.74, 6) is 0. The van der Waals surface area contributed by atoms with Crippen LogP contribution in [0.5, 0.6) is 0 Å². The van der Waals surface area contributed by atoms with E-state index >= 15 is 0 Å². The lowest BCUT2D eigenvalue weighted by molar-refractivity contribution is -0.0975. The van der Waals surface area contributed by atoms with Gasteiger partial charge in [-0.1, -0.05) is 26.2 Å². The Morgan fingerprint density at radius 1 is 0.815 bits per heavy atom. The molecule has 0 amide bonds. The van der Waals surface area contributed by atoms with Crippen LogP contribution in [-0.4, -0.2) is 45.7 Å². The number of piperidine rings is 2. The van der Waals surface area contributed by atoms with Crippen LogP contribution >= 0.6 is 0 Å². The monoisotopic (exact) mass is 378 g/mol. The van der Waals surface area contributed by atoms with Crippen LogP contribution in [-0.2, 0) is 0 Å². The van der Waals surface area contributed by atoms with Crippen LogP contribution in [0.4, 0.5) is 0 Å². The lowest BCUT2D eigenvalue weighted by atomic mass is 9.71. The van der Waals surface area contributed by atoms with Gasteiger partial charge in [-0.2, -0.15) is 0 Å². The van der Waals surface area contributed by atoms with Gasteiger partial charge in [-0.3, -0.25) is 4.90 Å². The molecule has 3 nitrogen and oxygen atoms in total. The number of rotatable bonds is 7. The zero-order valence-corrected chi connectivity index (χ0v) is 19.7. The van der Waals surface area contributed by atoms with Crippen molar-refractivity contribution in [2.45, 2.75) is 141 Å². The third-order valence-electron chi connectivity index (χ3n) is 6.69. The quantitative estimate of drug-likeness (QED) is 0.589. The van der Waals surface area contributed by atoms with Crippen LogP contribution in [0, 0.1) is 6.92 Å². The van der Waals surface area contributed by atoms with E-state index < -0.39 is 0 Å². The van der Waals surface area contributed by atoms with Gasteiger partial charge >= 0.3 is 0 Å². The Bertz CT molecular complexity index is 444. The molecule has 2 N–H and O–H groups in total. The van der Waals surface area contributed by atoms with E-state index in [1.54, 1.807) is 0 Å².